The Labute approximate surface area is 123 Å². The molecule has 0 heteroatoms. The second kappa shape index (κ2) is 13.0. The maximum absolute atomic E-state index is 2.46. The molecule has 0 spiro atoms. The van der Waals surface area contributed by atoms with E-state index in [1.54, 1.807) is 0 Å². The Kier molecular flexibility index (Phi) is 13.0. The van der Waals surface area contributed by atoms with Crippen LogP contribution in [0.2, 0.25) is 0 Å². The third-order valence-corrected chi connectivity index (χ3v) is 4.55. The predicted molar refractivity (Wildman–Crippen MR) is 89.6 cm³/mol. The first-order chi connectivity index (χ1) is 9.10. The summed E-state index contributed by atoms with van der Waals surface area (Å²) in [7, 11) is 0. The van der Waals surface area contributed by atoms with E-state index in [-0.39, 0.29) is 0 Å². The fourth-order valence-corrected chi connectivity index (χ4v) is 3.18. The van der Waals surface area contributed by atoms with Crippen LogP contribution < -0.4 is 0 Å². The largest absolute Gasteiger partial charge is 0.0654 e. The van der Waals surface area contributed by atoms with Crippen LogP contribution in [0.25, 0.3) is 0 Å². The minimum atomic E-state index is 0.940. The molecule has 0 saturated carbocycles. The molecule has 0 nitrogen and oxygen atoms in total. The Morgan fingerprint density at radius 3 is 1.58 bits per heavy atom. The van der Waals surface area contributed by atoms with Crippen molar-refractivity contribution in [2.24, 2.45) is 17.8 Å². The van der Waals surface area contributed by atoms with Gasteiger partial charge in [-0.25, -0.2) is 0 Å². The molecule has 0 aliphatic carbocycles. The molecule has 19 heavy (non-hydrogen) atoms. The first-order valence-corrected chi connectivity index (χ1v) is 9.10. The maximum Gasteiger partial charge on any atom is -0.0440 e. The van der Waals surface area contributed by atoms with Gasteiger partial charge in [-0.05, 0) is 24.2 Å². The van der Waals surface area contributed by atoms with Gasteiger partial charge in [-0.15, -0.1) is 0 Å². The number of hydrogen-bond donors (Lipinski definition) is 0. The van der Waals surface area contributed by atoms with Crippen molar-refractivity contribution in [3.05, 3.63) is 0 Å². The van der Waals surface area contributed by atoms with E-state index in [0.717, 1.165) is 17.8 Å². The van der Waals surface area contributed by atoms with Gasteiger partial charge in [0.15, 0.2) is 0 Å². The molecule has 3 atom stereocenters. The first kappa shape index (κ1) is 19.0. The van der Waals surface area contributed by atoms with Crippen molar-refractivity contribution in [2.75, 3.05) is 0 Å². The second-order valence-corrected chi connectivity index (χ2v) is 7.12. The Balaban J connectivity index is 3.48. The van der Waals surface area contributed by atoms with E-state index < -0.39 is 0 Å². The van der Waals surface area contributed by atoms with Crippen molar-refractivity contribution in [3.63, 3.8) is 0 Å². The SMILES string of the molecule is CCCCCC(C)CCCC(C)CC(C)CCCC. The van der Waals surface area contributed by atoms with Gasteiger partial charge in [0.05, 0.1) is 0 Å². The minimum Gasteiger partial charge on any atom is -0.0654 e. The van der Waals surface area contributed by atoms with Crippen molar-refractivity contribution < 1.29 is 0 Å². The average Bonchev–Trinajstić information content (AvgIpc) is 2.36. The van der Waals surface area contributed by atoms with Crippen LogP contribution in [-0.4, -0.2) is 0 Å². The highest BCUT2D eigenvalue weighted by Crippen LogP contribution is 2.23. The fourth-order valence-electron chi connectivity index (χ4n) is 3.18. The van der Waals surface area contributed by atoms with Gasteiger partial charge < -0.3 is 0 Å². The quantitative estimate of drug-likeness (QED) is 0.309. The van der Waals surface area contributed by atoms with Crippen LogP contribution >= 0.6 is 0 Å². The zero-order valence-corrected chi connectivity index (χ0v) is 14.5. The van der Waals surface area contributed by atoms with Crippen LogP contribution in [0.4, 0.5) is 0 Å². The van der Waals surface area contributed by atoms with E-state index in [4.69, 9.17) is 0 Å². The third kappa shape index (κ3) is 12.8. The molecule has 0 aliphatic rings. The predicted octanol–water partition coefficient (Wildman–Crippen LogP) is 7.23. The van der Waals surface area contributed by atoms with Gasteiger partial charge >= 0.3 is 0 Å². The molecule has 0 radical (unpaired) electrons. The highest BCUT2D eigenvalue weighted by molar-refractivity contribution is 4.62. The lowest BCUT2D eigenvalue weighted by Gasteiger charge is -2.18. The number of unbranched alkanes of at least 4 members (excludes halogenated alkanes) is 3. The number of rotatable bonds is 13. The normalized spacial score (nSPS) is 16.3. The van der Waals surface area contributed by atoms with Gasteiger partial charge in [0.1, 0.15) is 0 Å². The van der Waals surface area contributed by atoms with Gasteiger partial charge in [-0.3, -0.25) is 0 Å². The summed E-state index contributed by atoms with van der Waals surface area (Å²) in [4.78, 5) is 0. The molecule has 0 amide bonds. The number of hydrogen-bond acceptors (Lipinski definition) is 0. The fraction of sp³-hybridized carbons (Fsp3) is 1.00. The lowest BCUT2D eigenvalue weighted by atomic mass is 9.88. The zero-order valence-electron chi connectivity index (χ0n) is 14.5. The molecule has 0 rings (SSSR count). The molecular formula is C19H40. The van der Waals surface area contributed by atoms with Crippen molar-refractivity contribution >= 4 is 0 Å². The zero-order chi connectivity index (χ0) is 14.5. The van der Waals surface area contributed by atoms with Gasteiger partial charge in [-0.2, -0.15) is 0 Å². The van der Waals surface area contributed by atoms with Crippen LogP contribution in [0, 0.1) is 17.8 Å². The molecule has 0 N–H and O–H groups in total. The van der Waals surface area contributed by atoms with Crippen LogP contribution in [0.1, 0.15) is 105 Å². The molecule has 0 aliphatic heterocycles. The van der Waals surface area contributed by atoms with E-state index in [2.05, 4.69) is 34.6 Å². The Hall–Kier alpha value is 0. The summed E-state index contributed by atoms with van der Waals surface area (Å²) in [6, 6.07) is 0. The van der Waals surface area contributed by atoms with Gasteiger partial charge in [0.2, 0.25) is 0 Å². The lowest BCUT2D eigenvalue weighted by molar-refractivity contribution is 0.347. The maximum atomic E-state index is 2.46. The summed E-state index contributed by atoms with van der Waals surface area (Å²) in [6.07, 6.45) is 15.7. The van der Waals surface area contributed by atoms with Crippen LogP contribution in [0.15, 0.2) is 0 Å². The first-order valence-electron chi connectivity index (χ1n) is 9.10. The smallest absolute Gasteiger partial charge is 0.0440 e. The van der Waals surface area contributed by atoms with Crippen LogP contribution in [0.3, 0.4) is 0 Å². The van der Waals surface area contributed by atoms with Gasteiger partial charge in [0, 0.05) is 0 Å². The van der Waals surface area contributed by atoms with Crippen molar-refractivity contribution in [1.29, 1.82) is 0 Å². The molecule has 0 saturated heterocycles. The highest BCUT2D eigenvalue weighted by Gasteiger charge is 2.09. The van der Waals surface area contributed by atoms with E-state index >= 15 is 0 Å². The molecule has 0 aromatic carbocycles. The van der Waals surface area contributed by atoms with Crippen molar-refractivity contribution in [3.8, 4) is 0 Å². The molecule has 116 valence electrons. The topological polar surface area (TPSA) is 0 Å². The summed E-state index contributed by atoms with van der Waals surface area (Å²) in [6.45, 7) is 12.0. The Bertz CT molecular complexity index is 173. The van der Waals surface area contributed by atoms with E-state index in [9.17, 15) is 0 Å². The molecule has 0 heterocycles. The van der Waals surface area contributed by atoms with Gasteiger partial charge in [-0.1, -0.05) is 98.8 Å². The molecule has 3 unspecified atom stereocenters. The van der Waals surface area contributed by atoms with Crippen molar-refractivity contribution in [1.82, 2.24) is 0 Å². The summed E-state index contributed by atoms with van der Waals surface area (Å²) in [5.74, 6) is 2.84. The monoisotopic (exact) mass is 268 g/mol. The molecule has 0 fully saturated rings. The summed E-state index contributed by atoms with van der Waals surface area (Å²) < 4.78 is 0. The minimum absolute atomic E-state index is 0.940. The van der Waals surface area contributed by atoms with E-state index in [0.29, 0.717) is 0 Å². The summed E-state index contributed by atoms with van der Waals surface area (Å²) >= 11 is 0. The second-order valence-electron chi connectivity index (χ2n) is 7.12. The lowest BCUT2D eigenvalue weighted by Crippen LogP contribution is -2.04. The van der Waals surface area contributed by atoms with E-state index in [1.807, 2.05) is 0 Å². The third-order valence-electron chi connectivity index (χ3n) is 4.55. The van der Waals surface area contributed by atoms with E-state index in [1.165, 1.54) is 70.6 Å². The molecular weight excluding hydrogens is 228 g/mol. The highest BCUT2D eigenvalue weighted by atomic mass is 14.2. The standard InChI is InChI=1S/C19H40/c1-6-8-10-13-17(3)14-11-15-19(5)16-18(4)12-9-7-2/h17-19H,6-16H2,1-5H3. The molecule has 0 aromatic rings. The van der Waals surface area contributed by atoms with Crippen LogP contribution in [0.5, 0.6) is 0 Å². The average molecular weight is 269 g/mol. The van der Waals surface area contributed by atoms with Gasteiger partial charge in [0.25, 0.3) is 0 Å². The Morgan fingerprint density at radius 1 is 0.526 bits per heavy atom. The van der Waals surface area contributed by atoms with Crippen LogP contribution in [-0.2, 0) is 0 Å². The molecule has 0 bridgehead atoms. The summed E-state index contributed by atoms with van der Waals surface area (Å²) in [5, 5.41) is 0. The summed E-state index contributed by atoms with van der Waals surface area (Å²) in [5.41, 5.74) is 0. The van der Waals surface area contributed by atoms with Crippen molar-refractivity contribution in [2.45, 2.75) is 105 Å². The Morgan fingerprint density at radius 2 is 1.00 bits per heavy atom. The molecule has 0 aromatic heterocycles.